The second-order valence-corrected chi connectivity index (χ2v) is 9.55. The van der Waals surface area contributed by atoms with Crippen molar-refractivity contribution in [2.75, 3.05) is 0 Å². The first-order valence-corrected chi connectivity index (χ1v) is 8.74. The molecule has 1 nitrogen and oxygen atoms in total. The fourth-order valence-electron chi connectivity index (χ4n) is 3.27. The summed E-state index contributed by atoms with van der Waals surface area (Å²) in [6, 6.07) is 3.99. The zero-order valence-electron chi connectivity index (χ0n) is 16.5. The van der Waals surface area contributed by atoms with Crippen molar-refractivity contribution in [1.29, 1.82) is 0 Å². The molecule has 0 aromatic heterocycles. The zero-order valence-corrected chi connectivity index (χ0v) is 16.5. The van der Waals surface area contributed by atoms with E-state index in [2.05, 4.69) is 0 Å². The van der Waals surface area contributed by atoms with Gasteiger partial charge in [0.15, 0.2) is 0 Å². The molecular formula is C20H28F6O. The number of halogens is 6. The molecule has 0 aliphatic rings. The molecule has 1 rings (SSSR count). The van der Waals surface area contributed by atoms with Crippen molar-refractivity contribution in [3.8, 4) is 0 Å². The molecule has 7 heteroatoms. The van der Waals surface area contributed by atoms with Crippen molar-refractivity contribution in [2.24, 2.45) is 10.8 Å². The van der Waals surface area contributed by atoms with Crippen LogP contribution in [-0.4, -0.2) is 17.5 Å². The molecule has 0 heterocycles. The van der Waals surface area contributed by atoms with Crippen molar-refractivity contribution in [2.45, 2.75) is 78.3 Å². The van der Waals surface area contributed by atoms with Gasteiger partial charge in [0.25, 0.3) is 5.60 Å². The van der Waals surface area contributed by atoms with Gasteiger partial charge in [0, 0.05) is 5.56 Å². The van der Waals surface area contributed by atoms with Crippen molar-refractivity contribution in [1.82, 2.24) is 0 Å². The Kier molecular flexibility index (Phi) is 6.43. The predicted molar refractivity (Wildman–Crippen MR) is 93.3 cm³/mol. The lowest BCUT2D eigenvalue weighted by Gasteiger charge is -2.34. The molecule has 156 valence electrons. The van der Waals surface area contributed by atoms with E-state index >= 15 is 0 Å². The Morgan fingerprint density at radius 3 is 1.30 bits per heavy atom. The van der Waals surface area contributed by atoms with Crippen molar-refractivity contribution < 1.29 is 31.4 Å². The molecule has 0 spiro atoms. The fourth-order valence-corrected chi connectivity index (χ4v) is 3.27. The van der Waals surface area contributed by atoms with E-state index in [1.54, 1.807) is 0 Å². The van der Waals surface area contributed by atoms with Crippen LogP contribution < -0.4 is 0 Å². The summed E-state index contributed by atoms with van der Waals surface area (Å²) in [5, 5.41) is 9.51. The number of hydrogen-bond donors (Lipinski definition) is 1. The van der Waals surface area contributed by atoms with Crippen molar-refractivity contribution in [3.63, 3.8) is 0 Å². The van der Waals surface area contributed by atoms with E-state index in [-0.39, 0.29) is 16.7 Å². The summed E-state index contributed by atoms with van der Waals surface area (Å²) in [6.45, 7) is 12.2. The van der Waals surface area contributed by atoms with E-state index < -0.39 is 23.5 Å². The minimum absolute atomic E-state index is 0.0242. The van der Waals surface area contributed by atoms with E-state index in [1.165, 1.54) is 12.1 Å². The van der Waals surface area contributed by atoms with Crippen LogP contribution >= 0.6 is 0 Å². The highest BCUT2D eigenvalue weighted by atomic mass is 19.4. The first kappa shape index (κ1) is 23.8. The minimum Gasteiger partial charge on any atom is -0.369 e. The second kappa shape index (κ2) is 7.30. The van der Waals surface area contributed by atoms with Gasteiger partial charge in [0.05, 0.1) is 0 Å². The highest BCUT2D eigenvalue weighted by Crippen LogP contribution is 2.50. The number of alkyl halides is 6. The van der Waals surface area contributed by atoms with Gasteiger partial charge in [-0.1, -0.05) is 65.8 Å². The quantitative estimate of drug-likeness (QED) is 0.544. The molecule has 1 aromatic rings. The van der Waals surface area contributed by atoms with E-state index in [4.69, 9.17) is 0 Å². The Balaban J connectivity index is 3.35. The first-order valence-electron chi connectivity index (χ1n) is 8.74. The molecule has 0 saturated carbocycles. The molecule has 0 saturated heterocycles. The van der Waals surface area contributed by atoms with Crippen LogP contribution in [0.15, 0.2) is 24.3 Å². The summed E-state index contributed by atoms with van der Waals surface area (Å²) in [4.78, 5) is 0. The third kappa shape index (κ3) is 5.87. The molecule has 1 N–H and O–H groups in total. The van der Waals surface area contributed by atoms with Crippen molar-refractivity contribution >= 4 is 0 Å². The number of benzene rings is 1. The Morgan fingerprint density at radius 2 is 1.04 bits per heavy atom. The van der Waals surface area contributed by atoms with Crippen LogP contribution in [0.5, 0.6) is 0 Å². The maximum atomic E-state index is 13.0. The molecule has 0 aliphatic carbocycles. The Bertz CT molecular complexity index is 584. The average molecular weight is 398 g/mol. The van der Waals surface area contributed by atoms with E-state index in [1.807, 2.05) is 41.5 Å². The van der Waals surface area contributed by atoms with Crippen LogP contribution in [0.3, 0.4) is 0 Å². The highest BCUT2D eigenvalue weighted by molar-refractivity contribution is 5.32. The topological polar surface area (TPSA) is 20.2 Å². The number of hydrogen-bond acceptors (Lipinski definition) is 1. The minimum atomic E-state index is -5.87. The third-order valence-corrected chi connectivity index (χ3v) is 4.34. The summed E-state index contributed by atoms with van der Waals surface area (Å²) >= 11 is 0. The predicted octanol–water partition coefficient (Wildman–Crippen LogP) is 6.95. The summed E-state index contributed by atoms with van der Waals surface area (Å²) < 4.78 is 78.1. The lowest BCUT2D eigenvalue weighted by Crippen LogP contribution is -2.53. The SMILES string of the molecule is CC(C)(C)CC(CC(C)(C)C)c1ccc(C(O)(C(F)(F)F)C(F)(F)F)cc1. The molecule has 0 atom stereocenters. The van der Waals surface area contributed by atoms with E-state index in [9.17, 15) is 31.4 Å². The van der Waals surface area contributed by atoms with Gasteiger partial charge in [0.2, 0.25) is 0 Å². The van der Waals surface area contributed by atoms with Crippen LogP contribution in [0, 0.1) is 10.8 Å². The Morgan fingerprint density at radius 1 is 0.704 bits per heavy atom. The van der Waals surface area contributed by atoms with Crippen LogP contribution in [-0.2, 0) is 5.60 Å². The lowest BCUT2D eigenvalue weighted by molar-refractivity contribution is -0.376. The van der Waals surface area contributed by atoms with Crippen LogP contribution in [0.25, 0.3) is 0 Å². The van der Waals surface area contributed by atoms with Gasteiger partial charge in [-0.3, -0.25) is 0 Å². The average Bonchev–Trinajstić information content (AvgIpc) is 2.40. The fraction of sp³-hybridized carbons (Fsp3) is 0.700. The standard InChI is InChI=1S/C20H28F6O/c1-16(2,3)11-14(12-17(4,5)6)13-7-9-15(10-8-13)18(27,19(21,22)23)20(24,25)26/h7-10,14,27H,11-12H2,1-6H3. The zero-order chi connectivity index (χ0) is 21.5. The molecule has 0 unspecified atom stereocenters. The number of aliphatic hydroxyl groups is 1. The second-order valence-electron chi connectivity index (χ2n) is 9.55. The first-order chi connectivity index (χ1) is 11.8. The van der Waals surface area contributed by atoms with Gasteiger partial charge < -0.3 is 5.11 Å². The summed E-state index contributed by atoms with van der Waals surface area (Å²) in [5.41, 5.74) is -5.57. The van der Waals surface area contributed by atoms with E-state index in [0.29, 0.717) is 5.56 Å². The smallest absolute Gasteiger partial charge is 0.369 e. The summed E-state index contributed by atoms with van der Waals surface area (Å²) in [7, 11) is 0. The Hall–Kier alpha value is -1.24. The van der Waals surface area contributed by atoms with Gasteiger partial charge in [-0.15, -0.1) is 0 Å². The number of rotatable bonds is 4. The van der Waals surface area contributed by atoms with Crippen molar-refractivity contribution in [3.05, 3.63) is 35.4 Å². The van der Waals surface area contributed by atoms with Gasteiger partial charge in [-0.2, -0.15) is 26.3 Å². The monoisotopic (exact) mass is 398 g/mol. The normalized spacial score (nSPS) is 14.7. The maximum Gasteiger partial charge on any atom is 0.430 e. The largest absolute Gasteiger partial charge is 0.430 e. The van der Waals surface area contributed by atoms with Gasteiger partial charge in [0.1, 0.15) is 0 Å². The van der Waals surface area contributed by atoms with Gasteiger partial charge in [-0.05, 0) is 35.2 Å². The summed E-state index contributed by atoms with van der Waals surface area (Å²) in [6.07, 6.45) is -10.3. The molecule has 0 fully saturated rings. The van der Waals surface area contributed by atoms with E-state index in [0.717, 1.165) is 25.0 Å². The van der Waals surface area contributed by atoms with Crippen LogP contribution in [0.1, 0.15) is 71.4 Å². The highest BCUT2D eigenvalue weighted by Gasteiger charge is 2.71. The molecule has 1 aromatic carbocycles. The molecular weight excluding hydrogens is 370 g/mol. The maximum absolute atomic E-state index is 13.0. The summed E-state index contributed by atoms with van der Waals surface area (Å²) in [5.74, 6) is -0.0242. The molecule has 0 amide bonds. The molecule has 0 radical (unpaired) electrons. The van der Waals surface area contributed by atoms with Crippen LogP contribution in [0.4, 0.5) is 26.3 Å². The van der Waals surface area contributed by atoms with Crippen LogP contribution in [0.2, 0.25) is 0 Å². The van der Waals surface area contributed by atoms with Gasteiger partial charge in [-0.25, -0.2) is 0 Å². The van der Waals surface area contributed by atoms with Gasteiger partial charge >= 0.3 is 12.4 Å². The molecule has 27 heavy (non-hydrogen) atoms. The lowest BCUT2D eigenvalue weighted by atomic mass is 9.74. The Labute approximate surface area is 156 Å². The third-order valence-electron chi connectivity index (χ3n) is 4.34. The molecule has 0 aliphatic heterocycles. The molecule has 0 bridgehead atoms.